The minimum atomic E-state index is -1.15. The Hall–Kier alpha value is -1.30. The zero-order valence-electron chi connectivity index (χ0n) is 16.1. The van der Waals surface area contributed by atoms with Crippen LogP contribution in [0.25, 0.3) is 0 Å². The van der Waals surface area contributed by atoms with Crippen molar-refractivity contribution in [2.45, 2.75) is 85.0 Å². The van der Waals surface area contributed by atoms with Crippen molar-refractivity contribution in [2.75, 3.05) is 13.8 Å². The first-order valence-electron chi connectivity index (χ1n) is 8.00. The number of ether oxygens (including phenoxy) is 3. The van der Waals surface area contributed by atoms with E-state index in [-0.39, 0.29) is 6.73 Å². The molecule has 0 saturated heterocycles. The van der Waals surface area contributed by atoms with Crippen LogP contribution in [0.5, 0.6) is 0 Å². The highest BCUT2D eigenvalue weighted by Crippen LogP contribution is 2.27. The number of methoxy groups -OCH3 is 1. The highest BCUT2D eigenvalue weighted by molar-refractivity contribution is 5.85. The minimum absolute atomic E-state index is 0.0509. The Morgan fingerprint density at radius 2 is 1.39 bits per heavy atom. The third-order valence-corrected chi connectivity index (χ3v) is 3.04. The molecule has 0 unspecified atom stereocenters. The highest BCUT2D eigenvalue weighted by Gasteiger charge is 2.45. The molecule has 0 aromatic carbocycles. The largest absolute Gasteiger partial charge is 0.458 e. The van der Waals surface area contributed by atoms with Crippen LogP contribution in [0.1, 0.15) is 68.2 Å². The lowest BCUT2D eigenvalue weighted by Crippen LogP contribution is -2.58. The van der Waals surface area contributed by atoms with Crippen molar-refractivity contribution in [1.82, 2.24) is 4.90 Å². The summed E-state index contributed by atoms with van der Waals surface area (Å²) in [4.78, 5) is 26.6. The molecule has 0 aromatic rings. The zero-order valence-corrected chi connectivity index (χ0v) is 16.1. The monoisotopic (exact) mass is 331 g/mol. The van der Waals surface area contributed by atoms with Crippen LogP contribution in [0.3, 0.4) is 0 Å². The van der Waals surface area contributed by atoms with Crippen LogP contribution in [0.2, 0.25) is 0 Å². The molecule has 0 aliphatic rings. The maximum atomic E-state index is 12.7. The summed E-state index contributed by atoms with van der Waals surface area (Å²) in [6.45, 7) is 14.3. The van der Waals surface area contributed by atoms with Gasteiger partial charge in [0.25, 0.3) is 0 Å². The van der Waals surface area contributed by atoms with E-state index in [9.17, 15) is 9.59 Å². The molecule has 23 heavy (non-hydrogen) atoms. The molecule has 0 spiro atoms. The van der Waals surface area contributed by atoms with E-state index in [4.69, 9.17) is 14.2 Å². The summed E-state index contributed by atoms with van der Waals surface area (Å²) in [6.07, 6.45) is 0.560. The van der Waals surface area contributed by atoms with Gasteiger partial charge in [0.1, 0.15) is 23.5 Å². The second-order valence-electron chi connectivity index (χ2n) is 7.85. The second kappa shape index (κ2) is 7.99. The van der Waals surface area contributed by atoms with Gasteiger partial charge < -0.3 is 14.2 Å². The van der Waals surface area contributed by atoms with E-state index in [0.717, 1.165) is 0 Å². The van der Waals surface area contributed by atoms with Gasteiger partial charge in [-0.25, -0.2) is 9.59 Å². The van der Waals surface area contributed by atoms with Crippen molar-refractivity contribution in [3.05, 3.63) is 0 Å². The summed E-state index contributed by atoms with van der Waals surface area (Å²) in [6, 6.07) is 0. The normalized spacial score (nSPS) is 14.8. The molecule has 0 bridgehead atoms. The number of rotatable bonds is 6. The summed E-state index contributed by atoms with van der Waals surface area (Å²) < 4.78 is 16.1. The van der Waals surface area contributed by atoms with E-state index >= 15 is 0 Å². The number of hydrogen-bond donors (Lipinski definition) is 0. The van der Waals surface area contributed by atoms with E-state index < -0.39 is 28.8 Å². The van der Waals surface area contributed by atoms with Gasteiger partial charge in [-0.1, -0.05) is 13.3 Å². The number of hydrogen-bond acceptors (Lipinski definition) is 5. The van der Waals surface area contributed by atoms with E-state index in [1.165, 1.54) is 12.0 Å². The predicted octanol–water partition coefficient (Wildman–Crippen LogP) is 3.73. The van der Waals surface area contributed by atoms with Crippen LogP contribution in [0.4, 0.5) is 4.79 Å². The molecule has 0 aromatic heterocycles. The molecule has 1 amide bonds. The van der Waals surface area contributed by atoms with Gasteiger partial charge in [0, 0.05) is 7.11 Å². The highest BCUT2D eigenvalue weighted by atomic mass is 16.6. The lowest BCUT2D eigenvalue weighted by molar-refractivity contribution is -0.172. The first-order chi connectivity index (χ1) is 10.3. The lowest BCUT2D eigenvalue weighted by atomic mass is 9.94. The third kappa shape index (κ3) is 7.20. The standard InChI is InChI=1S/C17H33NO5/c1-10-11-17(8,13(19)22-15(2,3)4)18(12-21-9)14(20)23-16(5,6)7/h10-12H2,1-9H3/t17-/m0/s1. The van der Waals surface area contributed by atoms with Crippen LogP contribution in [-0.2, 0) is 19.0 Å². The fraction of sp³-hybridized carbons (Fsp3) is 0.882. The van der Waals surface area contributed by atoms with Crippen LogP contribution >= 0.6 is 0 Å². The van der Waals surface area contributed by atoms with Crippen molar-refractivity contribution < 1.29 is 23.8 Å². The number of carbonyl (C=O) groups is 2. The van der Waals surface area contributed by atoms with Crippen LogP contribution < -0.4 is 0 Å². The van der Waals surface area contributed by atoms with Crippen molar-refractivity contribution in [1.29, 1.82) is 0 Å². The Labute approximate surface area is 140 Å². The molecular formula is C17H33NO5. The van der Waals surface area contributed by atoms with Gasteiger partial charge in [0.2, 0.25) is 0 Å². The summed E-state index contributed by atoms with van der Waals surface area (Å²) >= 11 is 0. The molecule has 1 atom stereocenters. The maximum Gasteiger partial charge on any atom is 0.413 e. The van der Waals surface area contributed by atoms with Crippen LogP contribution in [0, 0.1) is 0 Å². The Morgan fingerprint density at radius 1 is 0.913 bits per heavy atom. The molecule has 6 nitrogen and oxygen atoms in total. The van der Waals surface area contributed by atoms with Gasteiger partial charge in [-0.05, 0) is 54.9 Å². The topological polar surface area (TPSA) is 65.1 Å². The molecular weight excluding hydrogens is 298 g/mol. The molecule has 0 aliphatic carbocycles. The van der Waals surface area contributed by atoms with Gasteiger partial charge in [-0.15, -0.1) is 0 Å². The SMILES string of the molecule is CCC[C@@](C)(C(=O)OC(C)(C)C)N(COC)C(=O)OC(C)(C)C. The first kappa shape index (κ1) is 21.7. The molecule has 0 radical (unpaired) electrons. The van der Waals surface area contributed by atoms with Crippen LogP contribution in [-0.4, -0.2) is 47.5 Å². The molecule has 0 heterocycles. The first-order valence-corrected chi connectivity index (χ1v) is 8.00. The lowest BCUT2D eigenvalue weighted by Gasteiger charge is -2.40. The molecule has 0 N–H and O–H groups in total. The van der Waals surface area contributed by atoms with Gasteiger partial charge in [-0.2, -0.15) is 0 Å². The van der Waals surface area contributed by atoms with Crippen molar-refractivity contribution in [3.63, 3.8) is 0 Å². The van der Waals surface area contributed by atoms with E-state index in [2.05, 4.69) is 0 Å². The zero-order chi connectivity index (χ0) is 18.5. The third-order valence-electron chi connectivity index (χ3n) is 3.04. The fourth-order valence-electron chi connectivity index (χ4n) is 2.06. The number of amides is 1. The number of carbonyl (C=O) groups excluding carboxylic acids is 2. The summed E-state index contributed by atoms with van der Waals surface area (Å²) in [5.74, 6) is -0.463. The number of nitrogens with zero attached hydrogens (tertiary/aromatic N) is 1. The average molecular weight is 331 g/mol. The van der Waals surface area contributed by atoms with Gasteiger partial charge in [0.15, 0.2) is 0 Å². The van der Waals surface area contributed by atoms with E-state index in [1.54, 1.807) is 48.5 Å². The minimum Gasteiger partial charge on any atom is -0.458 e. The molecule has 136 valence electrons. The molecule has 0 aliphatic heterocycles. The molecule has 6 heteroatoms. The Balaban J connectivity index is 5.60. The van der Waals surface area contributed by atoms with E-state index in [1.807, 2.05) is 6.92 Å². The summed E-state index contributed by atoms with van der Waals surface area (Å²) in [5, 5.41) is 0. The smallest absolute Gasteiger partial charge is 0.413 e. The van der Waals surface area contributed by atoms with Gasteiger partial charge in [-0.3, -0.25) is 4.90 Å². The summed E-state index contributed by atoms with van der Waals surface area (Å²) in [7, 11) is 1.47. The van der Waals surface area contributed by atoms with Crippen molar-refractivity contribution in [2.24, 2.45) is 0 Å². The van der Waals surface area contributed by atoms with Gasteiger partial charge >= 0.3 is 12.1 Å². The maximum absolute atomic E-state index is 12.7. The van der Waals surface area contributed by atoms with E-state index in [0.29, 0.717) is 12.8 Å². The average Bonchev–Trinajstić information content (AvgIpc) is 2.31. The summed E-state index contributed by atoms with van der Waals surface area (Å²) in [5.41, 5.74) is -2.46. The fourth-order valence-corrected chi connectivity index (χ4v) is 2.06. The Morgan fingerprint density at radius 3 is 1.74 bits per heavy atom. The van der Waals surface area contributed by atoms with Crippen LogP contribution in [0.15, 0.2) is 0 Å². The molecule has 0 fully saturated rings. The van der Waals surface area contributed by atoms with Gasteiger partial charge in [0.05, 0.1) is 0 Å². The van der Waals surface area contributed by atoms with Crippen molar-refractivity contribution in [3.8, 4) is 0 Å². The quantitative estimate of drug-likeness (QED) is 0.548. The van der Waals surface area contributed by atoms with Crippen molar-refractivity contribution >= 4 is 12.1 Å². The molecule has 0 rings (SSSR count). The number of esters is 1. The molecule has 0 saturated carbocycles. The predicted molar refractivity (Wildman–Crippen MR) is 89.1 cm³/mol. The Kier molecular flexibility index (Phi) is 7.54. The second-order valence-corrected chi connectivity index (χ2v) is 7.85. The Bertz CT molecular complexity index is 408.